The van der Waals surface area contributed by atoms with Crippen LogP contribution in [0, 0.1) is 29.6 Å². The molecule has 4 saturated carbocycles. The van der Waals surface area contributed by atoms with Gasteiger partial charge in [-0.1, -0.05) is 0 Å². The molecule has 2 N–H and O–H groups in total. The van der Waals surface area contributed by atoms with Crippen molar-refractivity contribution in [1.29, 1.82) is 0 Å². The van der Waals surface area contributed by atoms with Crippen molar-refractivity contribution in [1.82, 2.24) is 4.90 Å². The van der Waals surface area contributed by atoms with E-state index in [0.717, 1.165) is 48.7 Å². The van der Waals surface area contributed by atoms with Crippen molar-refractivity contribution in [2.24, 2.45) is 35.3 Å². The number of likely N-dealkylation sites (tertiary alicyclic amines) is 1. The topological polar surface area (TPSA) is 29.3 Å². The van der Waals surface area contributed by atoms with Gasteiger partial charge in [-0.05, 0) is 81.1 Å². The van der Waals surface area contributed by atoms with Gasteiger partial charge in [0.25, 0.3) is 0 Å². The fourth-order valence-corrected chi connectivity index (χ4v) is 6.33. The van der Waals surface area contributed by atoms with Crippen LogP contribution in [0.2, 0.25) is 0 Å². The van der Waals surface area contributed by atoms with Crippen LogP contribution in [0.1, 0.15) is 44.9 Å². The highest BCUT2D eigenvalue weighted by Gasteiger charge is 2.51. The first-order chi connectivity index (χ1) is 8.85. The maximum atomic E-state index is 5.80. The Bertz CT molecular complexity index is 286. The molecule has 1 heterocycles. The highest BCUT2D eigenvalue weighted by Crippen LogP contribution is 2.58. The highest BCUT2D eigenvalue weighted by atomic mass is 15.2. The third-order valence-corrected chi connectivity index (χ3v) is 6.57. The molecule has 5 rings (SSSR count). The van der Waals surface area contributed by atoms with E-state index in [4.69, 9.17) is 5.73 Å². The van der Waals surface area contributed by atoms with E-state index in [1.165, 1.54) is 19.4 Å². The Morgan fingerprint density at radius 3 is 2.22 bits per heavy atom. The predicted octanol–water partition coefficient (Wildman–Crippen LogP) is 2.48. The maximum Gasteiger partial charge on any atom is 0.0130 e. The Kier molecular flexibility index (Phi) is 2.92. The van der Waals surface area contributed by atoms with E-state index in [-0.39, 0.29) is 0 Å². The molecule has 5 fully saturated rings. The standard InChI is InChI=1S/C16H28N2/c17-3-5-18-4-1-2-15(18)16-13-7-11-6-12(9-13)10-14(16)8-11/h11-16H,1-10,17H2. The lowest BCUT2D eigenvalue weighted by Crippen LogP contribution is -2.52. The molecule has 1 atom stereocenters. The first-order valence-electron chi connectivity index (χ1n) is 8.29. The minimum Gasteiger partial charge on any atom is -0.329 e. The SMILES string of the molecule is NCCN1CCCC1C1C2CC3CC(C2)CC1C3. The van der Waals surface area contributed by atoms with Crippen molar-refractivity contribution in [2.75, 3.05) is 19.6 Å². The summed E-state index contributed by atoms with van der Waals surface area (Å²) < 4.78 is 0. The van der Waals surface area contributed by atoms with Gasteiger partial charge in [-0.3, -0.25) is 4.90 Å². The summed E-state index contributed by atoms with van der Waals surface area (Å²) in [6, 6.07) is 0.906. The number of nitrogens with zero attached hydrogens (tertiary/aromatic N) is 1. The molecule has 2 nitrogen and oxygen atoms in total. The number of rotatable bonds is 3. The quantitative estimate of drug-likeness (QED) is 0.831. The average molecular weight is 248 g/mol. The predicted molar refractivity (Wildman–Crippen MR) is 74.2 cm³/mol. The zero-order valence-corrected chi connectivity index (χ0v) is 11.6. The molecule has 1 unspecified atom stereocenters. The number of nitrogens with two attached hydrogens (primary N) is 1. The Morgan fingerprint density at radius 2 is 1.61 bits per heavy atom. The van der Waals surface area contributed by atoms with Gasteiger partial charge in [0.15, 0.2) is 0 Å². The summed E-state index contributed by atoms with van der Waals surface area (Å²) >= 11 is 0. The third-order valence-electron chi connectivity index (χ3n) is 6.57. The van der Waals surface area contributed by atoms with Crippen molar-refractivity contribution in [3.63, 3.8) is 0 Å². The lowest BCUT2D eigenvalue weighted by molar-refractivity contribution is -0.0666. The first-order valence-corrected chi connectivity index (χ1v) is 8.29. The smallest absolute Gasteiger partial charge is 0.0130 e. The lowest BCUT2D eigenvalue weighted by Gasteiger charge is -2.57. The van der Waals surface area contributed by atoms with E-state index in [1.807, 2.05) is 0 Å². The van der Waals surface area contributed by atoms with Crippen LogP contribution in [-0.4, -0.2) is 30.6 Å². The van der Waals surface area contributed by atoms with E-state index >= 15 is 0 Å². The average Bonchev–Trinajstić information content (AvgIpc) is 2.76. The summed E-state index contributed by atoms with van der Waals surface area (Å²) in [5.74, 6) is 5.46. The molecule has 1 saturated heterocycles. The maximum absolute atomic E-state index is 5.80. The Labute approximate surface area is 111 Å². The van der Waals surface area contributed by atoms with Gasteiger partial charge in [-0.2, -0.15) is 0 Å². The van der Waals surface area contributed by atoms with E-state index in [2.05, 4.69) is 4.90 Å². The zero-order chi connectivity index (χ0) is 12.1. The van der Waals surface area contributed by atoms with Gasteiger partial charge in [-0.15, -0.1) is 0 Å². The van der Waals surface area contributed by atoms with Gasteiger partial charge in [0.05, 0.1) is 0 Å². The molecule has 18 heavy (non-hydrogen) atoms. The van der Waals surface area contributed by atoms with Crippen molar-refractivity contribution >= 4 is 0 Å². The Morgan fingerprint density at radius 1 is 0.944 bits per heavy atom. The van der Waals surface area contributed by atoms with Crippen LogP contribution in [0.25, 0.3) is 0 Å². The van der Waals surface area contributed by atoms with Crippen LogP contribution in [-0.2, 0) is 0 Å². The number of hydrogen-bond acceptors (Lipinski definition) is 2. The van der Waals surface area contributed by atoms with Gasteiger partial charge in [0, 0.05) is 19.1 Å². The lowest BCUT2D eigenvalue weighted by atomic mass is 9.50. The summed E-state index contributed by atoms with van der Waals surface area (Å²) in [5.41, 5.74) is 5.80. The first kappa shape index (κ1) is 11.7. The Hall–Kier alpha value is -0.0800. The van der Waals surface area contributed by atoms with Crippen LogP contribution in [0.3, 0.4) is 0 Å². The molecule has 2 heteroatoms. The largest absolute Gasteiger partial charge is 0.329 e. The summed E-state index contributed by atoms with van der Waals surface area (Å²) in [7, 11) is 0. The van der Waals surface area contributed by atoms with Crippen molar-refractivity contribution in [3.05, 3.63) is 0 Å². The van der Waals surface area contributed by atoms with Gasteiger partial charge in [-0.25, -0.2) is 0 Å². The van der Waals surface area contributed by atoms with Crippen LogP contribution in [0.4, 0.5) is 0 Å². The molecule has 0 aromatic rings. The van der Waals surface area contributed by atoms with Crippen LogP contribution in [0.5, 0.6) is 0 Å². The van der Waals surface area contributed by atoms with Crippen LogP contribution >= 0.6 is 0 Å². The molecule has 0 radical (unpaired) electrons. The van der Waals surface area contributed by atoms with E-state index in [9.17, 15) is 0 Å². The molecule has 4 aliphatic carbocycles. The van der Waals surface area contributed by atoms with E-state index < -0.39 is 0 Å². The van der Waals surface area contributed by atoms with Gasteiger partial charge in [0.2, 0.25) is 0 Å². The molecule has 5 aliphatic rings. The molecule has 1 aliphatic heterocycles. The van der Waals surface area contributed by atoms with E-state index in [1.54, 1.807) is 32.1 Å². The zero-order valence-electron chi connectivity index (χ0n) is 11.6. The monoisotopic (exact) mass is 248 g/mol. The van der Waals surface area contributed by atoms with Gasteiger partial charge in [0.1, 0.15) is 0 Å². The molecule has 102 valence electrons. The summed E-state index contributed by atoms with van der Waals surface area (Å²) in [6.45, 7) is 3.32. The molecular formula is C16H28N2. The van der Waals surface area contributed by atoms with Crippen molar-refractivity contribution in [3.8, 4) is 0 Å². The molecule has 4 bridgehead atoms. The fourth-order valence-electron chi connectivity index (χ4n) is 6.33. The van der Waals surface area contributed by atoms with Gasteiger partial charge < -0.3 is 5.73 Å². The second-order valence-electron chi connectivity index (χ2n) is 7.54. The molecular weight excluding hydrogens is 220 g/mol. The molecule has 0 aromatic carbocycles. The minimum absolute atomic E-state index is 0.851. The number of hydrogen-bond donors (Lipinski definition) is 1. The summed E-state index contributed by atoms with van der Waals surface area (Å²) in [6.07, 6.45) is 10.8. The van der Waals surface area contributed by atoms with Gasteiger partial charge >= 0.3 is 0 Å². The fraction of sp³-hybridized carbons (Fsp3) is 1.00. The minimum atomic E-state index is 0.851. The Balaban J connectivity index is 1.54. The summed E-state index contributed by atoms with van der Waals surface area (Å²) in [4.78, 5) is 2.74. The second-order valence-corrected chi connectivity index (χ2v) is 7.54. The highest BCUT2D eigenvalue weighted by molar-refractivity contribution is 5.03. The van der Waals surface area contributed by atoms with Crippen LogP contribution in [0.15, 0.2) is 0 Å². The van der Waals surface area contributed by atoms with E-state index in [0.29, 0.717) is 0 Å². The normalized spacial score (nSPS) is 51.2. The molecule has 0 spiro atoms. The molecule has 0 aromatic heterocycles. The van der Waals surface area contributed by atoms with Crippen molar-refractivity contribution < 1.29 is 0 Å². The summed E-state index contributed by atoms with van der Waals surface area (Å²) in [5, 5.41) is 0. The third kappa shape index (κ3) is 1.76. The second kappa shape index (κ2) is 4.49. The van der Waals surface area contributed by atoms with Crippen molar-refractivity contribution in [2.45, 2.75) is 51.0 Å². The molecule has 0 amide bonds. The van der Waals surface area contributed by atoms with Crippen LogP contribution < -0.4 is 5.73 Å².